The van der Waals surface area contributed by atoms with E-state index in [2.05, 4.69) is 75.5 Å². The molecular weight excluding hydrogens is 488 g/mol. The molecule has 3 aliphatic rings. The Hall–Kier alpha value is -2.11. The van der Waals surface area contributed by atoms with E-state index in [1.54, 1.807) is 0 Å². The summed E-state index contributed by atoms with van der Waals surface area (Å²) in [5, 5.41) is 18.2. The Balaban J connectivity index is 0.000000398. The summed E-state index contributed by atoms with van der Waals surface area (Å²) in [6.45, 7) is 0.996. The fourth-order valence-electron chi connectivity index (χ4n) is 5.90. The zero-order valence-corrected chi connectivity index (χ0v) is 23.1. The molecule has 3 aliphatic carbocycles. The normalized spacial score (nSPS) is 18.9. The Kier molecular flexibility index (Phi) is 11.5. The maximum absolute atomic E-state index is 4.64. The van der Waals surface area contributed by atoms with Gasteiger partial charge in [0.25, 0.3) is 0 Å². The summed E-state index contributed by atoms with van der Waals surface area (Å²) in [5.41, 5.74) is 5.86. The van der Waals surface area contributed by atoms with E-state index in [1.807, 2.05) is 18.2 Å². The minimum absolute atomic E-state index is 0. The molecule has 3 aromatic rings. The van der Waals surface area contributed by atoms with Crippen molar-refractivity contribution in [2.75, 3.05) is 0 Å². The van der Waals surface area contributed by atoms with Crippen LogP contribution in [0.4, 0.5) is 0 Å². The Bertz CT molecular complexity index is 990. The van der Waals surface area contributed by atoms with Crippen LogP contribution in [0.3, 0.4) is 0 Å². The van der Waals surface area contributed by atoms with Gasteiger partial charge in [-0.15, -0.1) is 10.2 Å². The first-order valence-electron chi connectivity index (χ1n) is 13.5. The van der Waals surface area contributed by atoms with Crippen molar-refractivity contribution in [1.29, 1.82) is 0 Å². The molecule has 3 saturated carbocycles. The van der Waals surface area contributed by atoms with Gasteiger partial charge in [0.1, 0.15) is 16.9 Å². The summed E-state index contributed by atoms with van der Waals surface area (Å²) in [4.78, 5) is 0. The van der Waals surface area contributed by atoms with Crippen LogP contribution in [0.25, 0.3) is 11.3 Å². The Morgan fingerprint density at radius 3 is 2.03 bits per heavy atom. The molecule has 0 unspecified atom stereocenters. The molecule has 2 aromatic heterocycles. The van der Waals surface area contributed by atoms with Crippen molar-refractivity contribution in [3.63, 3.8) is 0 Å². The molecule has 0 atom stereocenters. The summed E-state index contributed by atoms with van der Waals surface area (Å²) in [6, 6.07) is 10.3. The van der Waals surface area contributed by atoms with E-state index in [0.717, 1.165) is 42.3 Å². The van der Waals surface area contributed by atoms with Gasteiger partial charge in [-0.25, -0.2) is 4.68 Å². The molecule has 0 bridgehead atoms. The summed E-state index contributed by atoms with van der Waals surface area (Å²) >= 11 is 3.00. The second-order valence-corrected chi connectivity index (χ2v) is 10.3. The largest absolute Gasteiger partial charge is 0.358 e. The number of benzene rings is 1. The molecule has 6 rings (SSSR count). The molecule has 0 aliphatic heterocycles. The van der Waals surface area contributed by atoms with Crippen molar-refractivity contribution in [2.24, 2.45) is 5.92 Å². The van der Waals surface area contributed by atoms with Crippen LogP contribution in [0.1, 0.15) is 95.6 Å². The number of nitrogens with zero attached hydrogens (tertiary/aromatic N) is 6. The maximum Gasteiger partial charge on any atom is 0.113 e. The molecule has 36 heavy (non-hydrogen) atoms. The van der Waals surface area contributed by atoms with Crippen molar-refractivity contribution in [3.8, 4) is 11.3 Å². The predicted octanol–water partition coefficient (Wildman–Crippen LogP) is 6.80. The topological polar surface area (TPSA) is 61.4 Å². The fraction of sp³-hybridized carbons (Fsp3) is 0.586. The minimum Gasteiger partial charge on any atom is -0.358 e. The van der Waals surface area contributed by atoms with Crippen LogP contribution in [0, 0.1) is 13.3 Å². The van der Waals surface area contributed by atoms with Gasteiger partial charge < -0.3 is 7.43 Å². The van der Waals surface area contributed by atoms with Gasteiger partial charge in [0.15, 0.2) is 0 Å². The molecule has 6 nitrogen and oxygen atoms in total. The third kappa shape index (κ3) is 7.01. The van der Waals surface area contributed by atoms with Crippen LogP contribution >= 0.6 is 0 Å². The van der Waals surface area contributed by atoms with Crippen LogP contribution in [-0.2, 0) is 27.7 Å². The first-order valence-corrected chi connectivity index (χ1v) is 14.3. The van der Waals surface area contributed by atoms with E-state index >= 15 is 0 Å². The Labute approximate surface area is 225 Å². The molecule has 0 N–H and O–H groups in total. The molecule has 3 fully saturated rings. The monoisotopic (exact) mass is 531 g/mol. The van der Waals surface area contributed by atoms with Crippen molar-refractivity contribution in [1.82, 2.24) is 30.0 Å². The summed E-state index contributed by atoms with van der Waals surface area (Å²) in [5.74, 6) is 0.757. The number of hydrogen-bond donors (Lipinski definition) is 0. The average Bonchev–Trinajstić information content (AvgIpc) is 3.75. The molecule has 197 valence electrons. The molecule has 7 heteroatoms. The number of hydrogen-bond acceptors (Lipinski definition) is 4. The molecule has 2 heterocycles. The van der Waals surface area contributed by atoms with Crippen molar-refractivity contribution >= 4 is 5.42 Å². The van der Waals surface area contributed by atoms with E-state index in [-0.39, 0.29) is 13.0 Å². The van der Waals surface area contributed by atoms with Gasteiger partial charge in [0.05, 0.1) is 12.4 Å². The zero-order chi connectivity index (χ0) is 24.3. The van der Waals surface area contributed by atoms with Gasteiger partial charge in [0, 0.05) is 12.1 Å². The van der Waals surface area contributed by atoms with E-state index in [1.165, 1.54) is 77.0 Å². The third-order valence-corrected chi connectivity index (χ3v) is 7.87. The van der Waals surface area contributed by atoms with Gasteiger partial charge in [-0.05, 0) is 31.6 Å². The predicted molar refractivity (Wildman–Crippen MR) is 144 cm³/mol. The SMILES string of the molecule is C1CCCC1.[CH2]=[Fe+].[CH3-].c1ccc(-c2cn(C3(c4cn(CC5CCCC5)nn4)CCCCC3)nn2)cc1. The maximum atomic E-state index is 4.64. The van der Waals surface area contributed by atoms with Crippen molar-refractivity contribution in [3.05, 3.63) is 55.8 Å². The van der Waals surface area contributed by atoms with E-state index < -0.39 is 0 Å². The Morgan fingerprint density at radius 1 is 0.778 bits per heavy atom. The zero-order valence-electron chi connectivity index (χ0n) is 22.0. The third-order valence-electron chi connectivity index (χ3n) is 7.87. The van der Waals surface area contributed by atoms with Crippen LogP contribution in [0.2, 0.25) is 0 Å². The van der Waals surface area contributed by atoms with Crippen LogP contribution < -0.4 is 0 Å². The molecule has 0 radical (unpaired) electrons. The first kappa shape index (κ1) is 28.5. The van der Waals surface area contributed by atoms with Gasteiger partial charge >= 0.3 is 21.0 Å². The quantitative estimate of drug-likeness (QED) is 0.268. The summed E-state index contributed by atoms with van der Waals surface area (Å²) in [7, 11) is 0. The van der Waals surface area contributed by atoms with Crippen LogP contribution in [0.5, 0.6) is 0 Å². The summed E-state index contributed by atoms with van der Waals surface area (Å²) in [6.07, 6.45) is 22.9. The smallest absolute Gasteiger partial charge is 0.113 e. The minimum atomic E-state index is -0.216. The van der Waals surface area contributed by atoms with Gasteiger partial charge in [-0.1, -0.05) is 105 Å². The van der Waals surface area contributed by atoms with Gasteiger partial charge in [-0.3, -0.25) is 4.68 Å². The van der Waals surface area contributed by atoms with E-state index in [9.17, 15) is 0 Å². The molecule has 1 aromatic carbocycles. The molecule has 0 amide bonds. The first-order chi connectivity index (χ1) is 17.3. The van der Waals surface area contributed by atoms with E-state index in [4.69, 9.17) is 0 Å². The second kappa shape index (κ2) is 14.6. The number of aromatic nitrogens is 6. The summed E-state index contributed by atoms with van der Waals surface area (Å²) < 4.78 is 4.13. The second-order valence-electron chi connectivity index (χ2n) is 10.3. The molecular formula is C29H43FeN6. The average molecular weight is 532 g/mol. The number of rotatable bonds is 5. The Morgan fingerprint density at radius 2 is 1.39 bits per heavy atom. The van der Waals surface area contributed by atoms with Crippen molar-refractivity contribution < 1.29 is 15.6 Å². The molecule has 0 saturated heterocycles. The fourth-order valence-corrected chi connectivity index (χ4v) is 5.90. The van der Waals surface area contributed by atoms with Crippen LogP contribution in [0.15, 0.2) is 42.7 Å². The van der Waals surface area contributed by atoms with Crippen molar-refractivity contribution in [2.45, 2.75) is 102 Å². The molecule has 0 spiro atoms. The van der Waals surface area contributed by atoms with Gasteiger partial charge in [-0.2, -0.15) is 0 Å². The standard InChI is InChI=1S/C22H28N6.C5H10.CH3.CH2.Fe/c1-3-11-19(12-4-1)20-16-28(26-23-20)22(13-7-2-8-14-22)21-17-27(25-24-21)15-18-9-5-6-10-18;1-2-4-5-3-1;;;/h1,3-4,11-12,16-18H,2,5-10,13-15H2;1-5H2;1H3;1H2;/q;;-1;;+1. The van der Waals surface area contributed by atoms with Crippen LogP contribution in [-0.4, -0.2) is 35.4 Å². The van der Waals surface area contributed by atoms with E-state index in [0.29, 0.717) is 0 Å². The van der Waals surface area contributed by atoms with Gasteiger partial charge in [0.2, 0.25) is 0 Å².